The minimum Gasteiger partial charge on any atom is -0.284 e. The maximum Gasteiger partial charge on any atom is 0.275 e. The van der Waals surface area contributed by atoms with Gasteiger partial charge in [0.1, 0.15) is 11.5 Å². The van der Waals surface area contributed by atoms with Crippen molar-refractivity contribution in [2.24, 2.45) is 12.5 Å². The van der Waals surface area contributed by atoms with Crippen LogP contribution in [0.25, 0.3) is 5.69 Å². The summed E-state index contributed by atoms with van der Waals surface area (Å²) < 4.78 is 30.5. The molecular weight excluding hydrogens is 298 g/mol. The lowest BCUT2D eigenvalue weighted by molar-refractivity contribution is 0.217. The van der Waals surface area contributed by atoms with Crippen molar-refractivity contribution < 1.29 is 8.78 Å². The highest BCUT2D eigenvalue weighted by atomic mass is 19.1. The number of halogens is 2. The smallest absolute Gasteiger partial charge is 0.275 e. The first-order valence-corrected chi connectivity index (χ1v) is 7.98. The van der Waals surface area contributed by atoms with Crippen molar-refractivity contribution in [1.82, 2.24) is 9.36 Å². The molecule has 4 rings (SSSR count). The number of benzene rings is 1. The van der Waals surface area contributed by atoms with E-state index in [-0.39, 0.29) is 28.0 Å². The van der Waals surface area contributed by atoms with E-state index < -0.39 is 11.6 Å². The van der Waals surface area contributed by atoms with Crippen molar-refractivity contribution in [3.05, 3.63) is 51.4 Å². The van der Waals surface area contributed by atoms with E-state index in [2.05, 4.69) is 20.8 Å². The summed E-state index contributed by atoms with van der Waals surface area (Å²) in [6.45, 7) is 6.63. The Kier molecular flexibility index (Phi) is 2.64. The standard InChI is InChI=1S/C18H20F2N2O/c1-17(2)11-7-8-18(17,3)15-14(11)16(23)22(21(15)4)13-6-5-10(19)9-12(13)20/h5-6,9,11H,7-8H2,1-4H3/t11-,18+/m1/s1. The lowest BCUT2D eigenvalue weighted by Gasteiger charge is -2.36. The first-order valence-electron chi connectivity index (χ1n) is 7.98. The molecule has 0 N–H and O–H groups in total. The van der Waals surface area contributed by atoms with Crippen molar-refractivity contribution in [2.75, 3.05) is 0 Å². The van der Waals surface area contributed by atoms with Gasteiger partial charge >= 0.3 is 0 Å². The van der Waals surface area contributed by atoms with E-state index in [9.17, 15) is 13.6 Å². The summed E-state index contributed by atoms with van der Waals surface area (Å²) in [5, 5.41) is 0. The fourth-order valence-electron chi connectivity index (χ4n) is 4.95. The van der Waals surface area contributed by atoms with Gasteiger partial charge in [-0.2, -0.15) is 0 Å². The first kappa shape index (κ1) is 14.7. The summed E-state index contributed by atoms with van der Waals surface area (Å²) in [5.41, 5.74) is 1.68. The third kappa shape index (κ3) is 1.51. The van der Waals surface area contributed by atoms with Crippen LogP contribution in [0.15, 0.2) is 23.0 Å². The molecule has 122 valence electrons. The van der Waals surface area contributed by atoms with Gasteiger partial charge in [0.25, 0.3) is 5.56 Å². The van der Waals surface area contributed by atoms with Crippen LogP contribution in [0.2, 0.25) is 0 Å². The second-order valence-corrected chi connectivity index (χ2v) is 7.64. The van der Waals surface area contributed by atoms with Crippen LogP contribution in [-0.2, 0) is 12.5 Å². The third-order valence-corrected chi connectivity index (χ3v) is 6.54. The molecule has 2 aliphatic carbocycles. The number of hydrogen-bond donors (Lipinski definition) is 0. The summed E-state index contributed by atoms with van der Waals surface area (Å²) in [6, 6.07) is 3.33. The Morgan fingerprint density at radius 3 is 2.52 bits per heavy atom. The first-order chi connectivity index (χ1) is 10.7. The minimum atomic E-state index is -0.719. The quantitative estimate of drug-likeness (QED) is 0.789. The number of rotatable bonds is 1. The SMILES string of the molecule is Cn1c2c(c(=O)n1-c1ccc(F)cc1F)[C@H]1CC[C@]2(C)C1(C)C. The zero-order valence-corrected chi connectivity index (χ0v) is 13.8. The van der Waals surface area contributed by atoms with Gasteiger partial charge < -0.3 is 0 Å². The molecule has 1 heterocycles. The van der Waals surface area contributed by atoms with Crippen LogP contribution in [0.4, 0.5) is 8.78 Å². The summed E-state index contributed by atoms with van der Waals surface area (Å²) in [5.74, 6) is -1.16. The van der Waals surface area contributed by atoms with Gasteiger partial charge in [0.15, 0.2) is 5.82 Å². The number of hydrogen-bond acceptors (Lipinski definition) is 1. The van der Waals surface area contributed by atoms with E-state index >= 15 is 0 Å². The highest BCUT2D eigenvalue weighted by Crippen LogP contribution is 2.66. The van der Waals surface area contributed by atoms with Gasteiger partial charge in [0.05, 0.1) is 5.69 Å². The van der Waals surface area contributed by atoms with Crippen LogP contribution in [-0.4, -0.2) is 9.36 Å². The van der Waals surface area contributed by atoms with Crippen LogP contribution in [0.5, 0.6) is 0 Å². The van der Waals surface area contributed by atoms with Crippen LogP contribution < -0.4 is 5.56 Å². The molecule has 1 fully saturated rings. The molecule has 2 aliphatic rings. The molecule has 0 radical (unpaired) electrons. The van der Waals surface area contributed by atoms with Crippen molar-refractivity contribution >= 4 is 0 Å². The van der Waals surface area contributed by atoms with Gasteiger partial charge in [-0.1, -0.05) is 20.8 Å². The Hall–Kier alpha value is -1.91. The van der Waals surface area contributed by atoms with Crippen molar-refractivity contribution in [3.63, 3.8) is 0 Å². The van der Waals surface area contributed by atoms with Gasteiger partial charge in [-0.25, -0.2) is 13.5 Å². The summed E-state index contributed by atoms with van der Waals surface area (Å²) >= 11 is 0. The molecule has 1 aromatic heterocycles. The predicted octanol–water partition coefficient (Wildman–Crippen LogP) is 3.63. The summed E-state index contributed by atoms with van der Waals surface area (Å²) in [4.78, 5) is 13.0. The number of fused-ring (bicyclic) bond motifs is 5. The van der Waals surface area contributed by atoms with Crippen molar-refractivity contribution in [2.45, 2.75) is 44.9 Å². The highest BCUT2D eigenvalue weighted by Gasteiger charge is 2.62. The lowest BCUT2D eigenvalue weighted by Crippen LogP contribution is -2.35. The zero-order valence-electron chi connectivity index (χ0n) is 13.8. The molecule has 0 amide bonds. The molecule has 5 heteroatoms. The monoisotopic (exact) mass is 318 g/mol. The van der Waals surface area contributed by atoms with Gasteiger partial charge in [-0.3, -0.25) is 9.48 Å². The molecule has 2 bridgehead atoms. The van der Waals surface area contributed by atoms with Crippen molar-refractivity contribution in [3.8, 4) is 5.69 Å². The predicted molar refractivity (Wildman–Crippen MR) is 84.0 cm³/mol. The second-order valence-electron chi connectivity index (χ2n) is 7.64. The molecule has 0 unspecified atom stereocenters. The molecule has 23 heavy (non-hydrogen) atoms. The van der Waals surface area contributed by atoms with E-state index in [1.807, 2.05) is 0 Å². The molecule has 1 aromatic carbocycles. The maximum absolute atomic E-state index is 14.2. The molecule has 0 spiro atoms. The Morgan fingerprint density at radius 2 is 1.91 bits per heavy atom. The maximum atomic E-state index is 14.2. The van der Waals surface area contributed by atoms with Crippen molar-refractivity contribution in [1.29, 1.82) is 0 Å². The second kappa shape index (κ2) is 4.13. The van der Waals surface area contributed by atoms with Gasteiger partial charge in [-0.15, -0.1) is 0 Å². The third-order valence-electron chi connectivity index (χ3n) is 6.54. The summed E-state index contributed by atoms with van der Waals surface area (Å²) in [6.07, 6.45) is 2.02. The van der Waals surface area contributed by atoms with E-state index in [1.165, 1.54) is 16.8 Å². The molecular formula is C18H20F2N2O. The molecule has 1 saturated carbocycles. The molecule has 0 saturated heterocycles. The van der Waals surface area contributed by atoms with Crippen LogP contribution in [0.1, 0.15) is 50.8 Å². The molecule has 2 atom stereocenters. The Bertz CT molecular complexity index is 893. The minimum absolute atomic E-state index is 0.0228. The fraction of sp³-hybridized carbons (Fsp3) is 0.500. The number of aromatic nitrogens is 2. The van der Waals surface area contributed by atoms with Gasteiger partial charge in [-0.05, 0) is 36.3 Å². The largest absolute Gasteiger partial charge is 0.284 e. The number of nitrogens with zero attached hydrogens (tertiary/aromatic N) is 2. The van der Waals surface area contributed by atoms with E-state index in [0.717, 1.165) is 30.2 Å². The topological polar surface area (TPSA) is 26.9 Å². The average molecular weight is 318 g/mol. The Morgan fingerprint density at radius 1 is 1.22 bits per heavy atom. The Labute approximate surface area is 133 Å². The molecule has 0 aliphatic heterocycles. The Balaban J connectivity index is 2.03. The van der Waals surface area contributed by atoms with E-state index in [1.54, 1.807) is 11.7 Å². The van der Waals surface area contributed by atoms with Crippen LogP contribution in [0.3, 0.4) is 0 Å². The zero-order chi connectivity index (χ0) is 16.7. The van der Waals surface area contributed by atoms with Gasteiger partial charge in [0, 0.05) is 24.1 Å². The van der Waals surface area contributed by atoms with E-state index in [0.29, 0.717) is 0 Å². The van der Waals surface area contributed by atoms with Gasteiger partial charge in [0.2, 0.25) is 0 Å². The average Bonchev–Trinajstić information content (AvgIpc) is 2.92. The molecule has 2 aromatic rings. The highest BCUT2D eigenvalue weighted by molar-refractivity contribution is 5.47. The summed E-state index contributed by atoms with van der Waals surface area (Å²) in [7, 11) is 1.80. The lowest BCUT2D eigenvalue weighted by atomic mass is 9.70. The normalized spacial score (nSPS) is 27.5. The van der Waals surface area contributed by atoms with Crippen LogP contribution >= 0.6 is 0 Å². The fourth-order valence-corrected chi connectivity index (χ4v) is 4.95. The van der Waals surface area contributed by atoms with E-state index in [4.69, 9.17) is 0 Å². The van der Waals surface area contributed by atoms with Crippen LogP contribution in [0, 0.1) is 17.0 Å². The molecule has 3 nitrogen and oxygen atoms in total.